The van der Waals surface area contributed by atoms with E-state index in [2.05, 4.69) is 21.2 Å². The molecule has 1 fully saturated rings. The fourth-order valence-electron chi connectivity index (χ4n) is 2.31. The van der Waals surface area contributed by atoms with E-state index in [1.807, 2.05) is 32.9 Å². The topological polar surface area (TPSA) is 29.1 Å². The second kappa shape index (κ2) is 5.25. The maximum atomic E-state index is 12.4. The third-order valence-electron chi connectivity index (χ3n) is 3.44. The van der Waals surface area contributed by atoms with Gasteiger partial charge in [0.1, 0.15) is 0 Å². The first-order valence-corrected chi connectivity index (χ1v) is 7.92. The summed E-state index contributed by atoms with van der Waals surface area (Å²) in [7, 11) is 0. The zero-order chi connectivity index (χ0) is 13.3. The van der Waals surface area contributed by atoms with Crippen LogP contribution in [0.25, 0.3) is 0 Å². The minimum atomic E-state index is -0.258. The Morgan fingerprint density at radius 2 is 2.00 bits per heavy atom. The van der Waals surface area contributed by atoms with Crippen molar-refractivity contribution in [3.8, 4) is 0 Å². The predicted molar refractivity (Wildman–Crippen MR) is 82.3 cm³/mol. The van der Waals surface area contributed by atoms with Crippen LogP contribution in [0.5, 0.6) is 0 Å². The van der Waals surface area contributed by atoms with Crippen molar-refractivity contribution in [1.29, 1.82) is 0 Å². The number of aryl methyl sites for hydroxylation is 2. The molecule has 1 aliphatic rings. The van der Waals surface area contributed by atoms with Crippen molar-refractivity contribution >= 4 is 39.3 Å². The molecule has 1 saturated heterocycles. The molecule has 1 aromatic rings. The van der Waals surface area contributed by atoms with Crippen molar-refractivity contribution in [3.05, 3.63) is 27.7 Å². The van der Waals surface area contributed by atoms with Crippen LogP contribution in [0, 0.1) is 13.8 Å². The number of carbonyl (C=O) groups is 1. The molecule has 2 rings (SSSR count). The van der Waals surface area contributed by atoms with Crippen molar-refractivity contribution in [2.24, 2.45) is 0 Å². The summed E-state index contributed by atoms with van der Waals surface area (Å²) in [4.78, 5) is 12.4. The smallest absolute Gasteiger partial charge is 0.240 e. The maximum Gasteiger partial charge on any atom is 0.240 e. The number of amides is 1. The number of carbonyl (C=O) groups excluding carboxylic acids is 1. The molecule has 0 radical (unpaired) electrons. The molecule has 0 aromatic heterocycles. The summed E-state index contributed by atoms with van der Waals surface area (Å²) in [6.45, 7) is 6.10. The molecule has 98 valence electrons. The summed E-state index contributed by atoms with van der Waals surface area (Å²) in [5, 5.41) is 3.11. The Morgan fingerprint density at radius 3 is 2.50 bits per heavy atom. The van der Waals surface area contributed by atoms with E-state index in [0.29, 0.717) is 0 Å². The summed E-state index contributed by atoms with van der Waals surface area (Å²) in [5.74, 6) is 1.22. The molecule has 1 amide bonds. The molecule has 0 bridgehead atoms. The monoisotopic (exact) mass is 327 g/mol. The number of halogens is 1. The lowest BCUT2D eigenvalue weighted by atomic mass is 10.0. The quantitative estimate of drug-likeness (QED) is 0.877. The Hall–Kier alpha value is -0.480. The molecule has 0 aliphatic carbocycles. The molecule has 0 saturated carbocycles. The van der Waals surface area contributed by atoms with Crippen molar-refractivity contribution in [2.75, 3.05) is 11.1 Å². The van der Waals surface area contributed by atoms with Crippen LogP contribution in [-0.2, 0) is 4.79 Å². The average molecular weight is 328 g/mol. The van der Waals surface area contributed by atoms with Crippen LogP contribution >= 0.6 is 27.7 Å². The van der Waals surface area contributed by atoms with E-state index in [0.717, 1.165) is 39.9 Å². The minimum Gasteiger partial charge on any atom is -0.324 e. The van der Waals surface area contributed by atoms with Crippen LogP contribution in [0.15, 0.2) is 16.6 Å². The number of nitrogens with one attached hydrogen (secondary N) is 1. The van der Waals surface area contributed by atoms with E-state index in [1.165, 1.54) is 0 Å². The second-order valence-corrected chi connectivity index (χ2v) is 7.57. The van der Waals surface area contributed by atoms with E-state index in [9.17, 15) is 4.79 Å². The van der Waals surface area contributed by atoms with Crippen molar-refractivity contribution in [3.63, 3.8) is 0 Å². The molecule has 1 N–H and O–H groups in total. The van der Waals surface area contributed by atoms with E-state index in [4.69, 9.17) is 0 Å². The molecule has 1 aliphatic heterocycles. The fraction of sp³-hybridized carbons (Fsp3) is 0.500. The normalized spacial score (nSPS) is 23.1. The lowest BCUT2D eigenvalue weighted by Crippen LogP contribution is -2.35. The van der Waals surface area contributed by atoms with E-state index in [1.54, 1.807) is 11.8 Å². The Kier molecular flexibility index (Phi) is 4.07. The first kappa shape index (κ1) is 13.9. The van der Waals surface area contributed by atoms with Gasteiger partial charge >= 0.3 is 0 Å². The SMILES string of the molecule is Cc1cc(Br)cc(C)c1NC(=O)C1(C)CCCS1. The minimum absolute atomic E-state index is 0.138. The standard InChI is InChI=1S/C14H18BrNOS/c1-9-7-11(15)8-10(2)12(9)16-13(17)14(3)5-4-6-18-14/h7-8H,4-6H2,1-3H3,(H,16,17). The molecule has 1 unspecified atom stereocenters. The summed E-state index contributed by atoms with van der Waals surface area (Å²) in [6, 6.07) is 4.07. The average Bonchev–Trinajstić information content (AvgIpc) is 2.71. The molecule has 1 heterocycles. The number of anilines is 1. The van der Waals surface area contributed by atoms with Gasteiger partial charge in [0.05, 0.1) is 4.75 Å². The highest BCUT2D eigenvalue weighted by molar-refractivity contribution is 9.10. The molecule has 18 heavy (non-hydrogen) atoms. The lowest BCUT2D eigenvalue weighted by molar-refractivity contribution is -0.118. The first-order valence-electron chi connectivity index (χ1n) is 6.14. The zero-order valence-electron chi connectivity index (χ0n) is 11.0. The number of hydrogen-bond donors (Lipinski definition) is 1. The van der Waals surface area contributed by atoms with Gasteiger partial charge in [0.25, 0.3) is 0 Å². The number of hydrogen-bond acceptors (Lipinski definition) is 2. The largest absolute Gasteiger partial charge is 0.324 e. The van der Waals surface area contributed by atoms with Crippen LogP contribution in [0.1, 0.15) is 30.9 Å². The summed E-state index contributed by atoms with van der Waals surface area (Å²) < 4.78 is 0.795. The van der Waals surface area contributed by atoms with Crippen LogP contribution in [0.3, 0.4) is 0 Å². The van der Waals surface area contributed by atoms with Gasteiger partial charge in [-0.15, -0.1) is 11.8 Å². The summed E-state index contributed by atoms with van der Waals surface area (Å²) in [6.07, 6.45) is 2.10. The third-order valence-corrected chi connectivity index (χ3v) is 5.41. The Balaban J connectivity index is 2.22. The number of thioether (sulfide) groups is 1. The van der Waals surface area contributed by atoms with Crippen LogP contribution in [-0.4, -0.2) is 16.4 Å². The van der Waals surface area contributed by atoms with Gasteiger partial charge in [0.2, 0.25) is 5.91 Å². The van der Waals surface area contributed by atoms with E-state index < -0.39 is 0 Å². The van der Waals surface area contributed by atoms with Gasteiger partial charge in [-0.05, 0) is 62.6 Å². The van der Waals surface area contributed by atoms with Gasteiger partial charge in [0.15, 0.2) is 0 Å². The van der Waals surface area contributed by atoms with Gasteiger partial charge in [0, 0.05) is 10.2 Å². The summed E-state index contributed by atoms with van der Waals surface area (Å²) >= 11 is 5.24. The molecule has 1 aromatic carbocycles. The van der Waals surface area contributed by atoms with Crippen LogP contribution in [0.2, 0.25) is 0 Å². The Bertz CT molecular complexity index is 458. The third kappa shape index (κ3) is 2.75. The van der Waals surface area contributed by atoms with Gasteiger partial charge in [-0.2, -0.15) is 0 Å². The first-order chi connectivity index (χ1) is 8.42. The molecule has 1 atom stereocenters. The highest BCUT2D eigenvalue weighted by Crippen LogP contribution is 2.39. The van der Waals surface area contributed by atoms with E-state index in [-0.39, 0.29) is 10.7 Å². The highest BCUT2D eigenvalue weighted by Gasteiger charge is 2.37. The number of rotatable bonds is 2. The predicted octanol–water partition coefficient (Wildman–Crippen LogP) is 4.29. The number of benzene rings is 1. The molecule has 0 spiro atoms. The Morgan fingerprint density at radius 1 is 1.39 bits per heavy atom. The lowest BCUT2D eigenvalue weighted by Gasteiger charge is -2.23. The van der Waals surface area contributed by atoms with Gasteiger partial charge in [-0.25, -0.2) is 0 Å². The zero-order valence-corrected chi connectivity index (χ0v) is 13.4. The van der Waals surface area contributed by atoms with Crippen molar-refractivity contribution in [2.45, 2.75) is 38.4 Å². The van der Waals surface area contributed by atoms with Gasteiger partial charge < -0.3 is 5.32 Å². The fourth-order valence-corrected chi connectivity index (χ4v) is 4.21. The maximum absolute atomic E-state index is 12.4. The van der Waals surface area contributed by atoms with Gasteiger partial charge in [-0.3, -0.25) is 4.79 Å². The molecular formula is C14H18BrNOS. The Labute approximate surface area is 121 Å². The van der Waals surface area contributed by atoms with Crippen LogP contribution < -0.4 is 5.32 Å². The van der Waals surface area contributed by atoms with Gasteiger partial charge in [-0.1, -0.05) is 15.9 Å². The molecule has 2 nitrogen and oxygen atoms in total. The molecular weight excluding hydrogens is 310 g/mol. The molecule has 4 heteroatoms. The highest BCUT2D eigenvalue weighted by atomic mass is 79.9. The van der Waals surface area contributed by atoms with E-state index >= 15 is 0 Å². The second-order valence-electron chi connectivity index (χ2n) is 5.05. The van der Waals surface area contributed by atoms with Crippen molar-refractivity contribution in [1.82, 2.24) is 0 Å². The van der Waals surface area contributed by atoms with Crippen molar-refractivity contribution < 1.29 is 4.79 Å². The van der Waals surface area contributed by atoms with Crippen LogP contribution in [0.4, 0.5) is 5.69 Å². The summed E-state index contributed by atoms with van der Waals surface area (Å²) in [5.41, 5.74) is 3.15.